The smallest absolute Gasteiger partial charge is 0.310 e. The summed E-state index contributed by atoms with van der Waals surface area (Å²) in [5.41, 5.74) is 5.65. The number of nitrogens with two attached hydrogens (primary N) is 1. The van der Waals surface area contributed by atoms with Crippen molar-refractivity contribution < 1.29 is 13.7 Å². The molecule has 0 spiro atoms. The Morgan fingerprint density at radius 3 is 2.83 bits per heavy atom. The van der Waals surface area contributed by atoms with Crippen molar-refractivity contribution in [1.29, 1.82) is 0 Å². The quantitative estimate of drug-likeness (QED) is 0.693. The van der Waals surface area contributed by atoms with Gasteiger partial charge in [-0.1, -0.05) is 0 Å². The number of aromatic nitrogens is 1. The van der Waals surface area contributed by atoms with E-state index in [1.165, 1.54) is 12.1 Å². The van der Waals surface area contributed by atoms with Crippen molar-refractivity contribution in [2.75, 3.05) is 17.2 Å². The molecule has 1 fully saturated rings. The van der Waals surface area contributed by atoms with Crippen LogP contribution >= 0.6 is 0 Å². The first-order valence-corrected chi connectivity index (χ1v) is 7.09. The predicted octanol–water partition coefficient (Wildman–Crippen LogP) is 3.19. The lowest BCUT2D eigenvalue weighted by Gasteiger charge is -2.26. The van der Waals surface area contributed by atoms with Gasteiger partial charge in [0, 0.05) is 18.2 Å². The molecule has 0 amide bonds. The van der Waals surface area contributed by atoms with Gasteiger partial charge in [-0.2, -0.15) is 0 Å². The summed E-state index contributed by atoms with van der Waals surface area (Å²) in [6.07, 6.45) is 2.50. The van der Waals surface area contributed by atoms with Crippen LogP contribution in [-0.4, -0.2) is 16.5 Å². The second kappa shape index (κ2) is 5.79. The lowest BCUT2D eigenvalue weighted by atomic mass is 10.0. The largest absolute Gasteiger partial charge is 0.393 e. The van der Waals surface area contributed by atoms with E-state index in [1.54, 1.807) is 4.90 Å². The molecule has 0 saturated carbocycles. The molecular weight excluding hydrogens is 306 g/mol. The number of halogens is 2. The number of nitrogen functional groups attached to an aromatic ring is 1. The van der Waals surface area contributed by atoms with E-state index in [-0.39, 0.29) is 23.0 Å². The summed E-state index contributed by atoms with van der Waals surface area (Å²) in [7, 11) is 0. The number of hydrogen-bond donors (Lipinski definition) is 1. The number of anilines is 2. The van der Waals surface area contributed by atoms with Gasteiger partial charge in [0.15, 0.2) is 0 Å². The first-order valence-electron chi connectivity index (χ1n) is 7.09. The Morgan fingerprint density at radius 1 is 1.35 bits per heavy atom. The maximum Gasteiger partial charge on any atom is 0.310 e. The number of rotatable bonds is 3. The van der Waals surface area contributed by atoms with Gasteiger partial charge in [0.2, 0.25) is 0 Å². The van der Waals surface area contributed by atoms with Crippen molar-refractivity contribution in [3.05, 3.63) is 57.8 Å². The first-order chi connectivity index (χ1) is 11.0. The van der Waals surface area contributed by atoms with Crippen LogP contribution in [0, 0.1) is 21.7 Å². The topological polar surface area (TPSA) is 85.3 Å². The van der Waals surface area contributed by atoms with Gasteiger partial charge >= 0.3 is 5.69 Å². The summed E-state index contributed by atoms with van der Waals surface area (Å²) in [6.45, 7) is 0.588. The van der Waals surface area contributed by atoms with Gasteiger partial charge in [-0.3, -0.25) is 10.1 Å². The Morgan fingerprint density at radius 2 is 2.13 bits per heavy atom. The number of pyridine rings is 1. The zero-order chi connectivity index (χ0) is 16.6. The van der Waals surface area contributed by atoms with Crippen molar-refractivity contribution >= 4 is 17.2 Å². The normalized spacial score (nSPS) is 17.5. The highest BCUT2D eigenvalue weighted by molar-refractivity contribution is 5.63. The first kappa shape index (κ1) is 15.1. The van der Waals surface area contributed by atoms with Crippen LogP contribution in [0.25, 0.3) is 0 Å². The van der Waals surface area contributed by atoms with Crippen LogP contribution in [0.2, 0.25) is 0 Å². The average Bonchev–Trinajstić information content (AvgIpc) is 2.98. The van der Waals surface area contributed by atoms with E-state index < -0.39 is 16.6 Å². The zero-order valence-electron chi connectivity index (χ0n) is 12.1. The lowest BCUT2D eigenvalue weighted by molar-refractivity contribution is -0.384. The third-order valence-electron chi connectivity index (χ3n) is 3.96. The molecule has 23 heavy (non-hydrogen) atoms. The molecule has 2 N–H and O–H groups in total. The van der Waals surface area contributed by atoms with Crippen molar-refractivity contribution in [3.8, 4) is 0 Å². The van der Waals surface area contributed by atoms with Crippen LogP contribution in [0.3, 0.4) is 0 Å². The summed E-state index contributed by atoms with van der Waals surface area (Å²) in [4.78, 5) is 16.0. The second-order valence-corrected chi connectivity index (χ2v) is 5.38. The molecule has 0 aliphatic carbocycles. The summed E-state index contributed by atoms with van der Waals surface area (Å²) in [5.74, 6) is -0.582. The summed E-state index contributed by atoms with van der Waals surface area (Å²) in [6, 6.07) is 4.36. The minimum absolute atomic E-state index is 0.00892. The number of benzene rings is 1. The van der Waals surface area contributed by atoms with E-state index in [0.717, 1.165) is 24.8 Å². The minimum Gasteiger partial charge on any atom is -0.393 e. The highest BCUT2D eigenvalue weighted by Gasteiger charge is 2.30. The molecule has 3 rings (SSSR count). The third kappa shape index (κ3) is 2.79. The summed E-state index contributed by atoms with van der Waals surface area (Å²) >= 11 is 0. The monoisotopic (exact) mass is 320 g/mol. The molecule has 2 aromatic rings. The minimum atomic E-state index is -0.611. The number of nitrogens with zero attached hydrogens (tertiary/aromatic N) is 3. The van der Waals surface area contributed by atoms with Gasteiger partial charge in [0.25, 0.3) is 0 Å². The Balaban J connectivity index is 1.97. The molecule has 1 saturated heterocycles. The van der Waals surface area contributed by atoms with Gasteiger partial charge in [0.1, 0.15) is 29.3 Å². The molecule has 1 aliphatic heterocycles. The van der Waals surface area contributed by atoms with Crippen molar-refractivity contribution in [2.45, 2.75) is 18.9 Å². The molecule has 0 bridgehead atoms. The molecule has 6 nitrogen and oxygen atoms in total. The van der Waals surface area contributed by atoms with Crippen LogP contribution < -0.4 is 10.6 Å². The molecular formula is C15H14F2N4O2. The molecule has 1 aliphatic rings. The standard InChI is InChI=1S/C15H14F2N4O2/c16-9-3-4-11(17)10(6-9)13-2-1-5-20(13)15-7-12(18)14(8-19-15)21(22)23/h3-4,6-8,13H,1-2,5H2,(H2,18,19). The molecule has 1 atom stereocenters. The highest BCUT2D eigenvalue weighted by Crippen LogP contribution is 2.38. The molecule has 1 aromatic heterocycles. The fraction of sp³-hybridized carbons (Fsp3) is 0.267. The molecule has 2 heterocycles. The van der Waals surface area contributed by atoms with Crippen LogP contribution in [0.15, 0.2) is 30.5 Å². The Kier molecular flexibility index (Phi) is 3.81. The van der Waals surface area contributed by atoms with Gasteiger partial charge in [-0.25, -0.2) is 13.8 Å². The predicted molar refractivity (Wildman–Crippen MR) is 81.0 cm³/mol. The van der Waals surface area contributed by atoms with E-state index in [4.69, 9.17) is 5.73 Å². The Hall–Kier alpha value is -2.77. The molecule has 1 unspecified atom stereocenters. The summed E-state index contributed by atoms with van der Waals surface area (Å²) in [5, 5.41) is 10.8. The molecule has 1 aromatic carbocycles. The summed E-state index contributed by atoms with van der Waals surface area (Å²) < 4.78 is 27.5. The van der Waals surface area contributed by atoms with Crippen LogP contribution in [0.5, 0.6) is 0 Å². The van der Waals surface area contributed by atoms with Crippen molar-refractivity contribution in [2.24, 2.45) is 0 Å². The fourth-order valence-corrected chi connectivity index (χ4v) is 2.90. The number of hydrogen-bond acceptors (Lipinski definition) is 5. The highest BCUT2D eigenvalue weighted by atomic mass is 19.1. The second-order valence-electron chi connectivity index (χ2n) is 5.38. The van der Waals surface area contributed by atoms with Crippen molar-refractivity contribution in [1.82, 2.24) is 4.98 Å². The molecule has 120 valence electrons. The van der Waals surface area contributed by atoms with Crippen LogP contribution in [-0.2, 0) is 0 Å². The zero-order valence-corrected chi connectivity index (χ0v) is 12.1. The van der Waals surface area contributed by atoms with Gasteiger partial charge in [-0.05, 0) is 31.0 Å². The van der Waals surface area contributed by atoms with E-state index in [0.29, 0.717) is 18.8 Å². The van der Waals surface area contributed by atoms with E-state index in [9.17, 15) is 18.9 Å². The number of nitro groups is 1. The van der Waals surface area contributed by atoms with Gasteiger partial charge < -0.3 is 10.6 Å². The Labute approximate surface area is 130 Å². The van der Waals surface area contributed by atoms with Gasteiger partial charge in [0.05, 0.1) is 11.0 Å². The van der Waals surface area contributed by atoms with E-state index >= 15 is 0 Å². The fourth-order valence-electron chi connectivity index (χ4n) is 2.90. The maximum atomic E-state index is 14.0. The van der Waals surface area contributed by atoms with E-state index in [1.807, 2.05) is 0 Å². The Bertz CT molecular complexity index is 769. The molecule has 0 radical (unpaired) electrons. The lowest BCUT2D eigenvalue weighted by Crippen LogP contribution is -2.24. The van der Waals surface area contributed by atoms with Crippen LogP contribution in [0.4, 0.5) is 26.0 Å². The average molecular weight is 320 g/mol. The van der Waals surface area contributed by atoms with E-state index in [2.05, 4.69) is 4.98 Å². The maximum absolute atomic E-state index is 14.0. The SMILES string of the molecule is Nc1cc(N2CCCC2c2cc(F)ccc2F)ncc1[N+](=O)[O-]. The van der Waals surface area contributed by atoms with Gasteiger partial charge in [-0.15, -0.1) is 0 Å². The molecule has 8 heteroatoms. The van der Waals surface area contributed by atoms with Crippen molar-refractivity contribution in [3.63, 3.8) is 0 Å². The van der Waals surface area contributed by atoms with Crippen LogP contribution in [0.1, 0.15) is 24.4 Å². The third-order valence-corrected chi connectivity index (χ3v) is 3.96.